The molecule has 1 aromatic carbocycles. The predicted octanol–water partition coefficient (Wildman–Crippen LogP) is 3.06. The molecule has 0 aliphatic heterocycles. The lowest BCUT2D eigenvalue weighted by Gasteiger charge is -2.06. The van der Waals surface area contributed by atoms with E-state index in [1.807, 2.05) is 6.07 Å². The molecule has 2 heterocycles. The number of hydrogen-bond donors (Lipinski definition) is 2. The summed E-state index contributed by atoms with van der Waals surface area (Å²) in [5, 5.41) is 13.3. The van der Waals surface area contributed by atoms with Crippen LogP contribution in [0.15, 0.2) is 47.4 Å². The number of hydrogen-bond acceptors (Lipinski definition) is 4. The van der Waals surface area contributed by atoms with Crippen LogP contribution in [0.5, 0.6) is 0 Å². The van der Waals surface area contributed by atoms with Crippen molar-refractivity contribution in [3.63, 3.8) is 0 Å². The summed E-state index contributed by atoms with van der Waals surface area (Å²) >= 11 is 5.97. The van der Waals surface area contributed by atoms with Gasteiger partial charge >= 0.3 is 0 Å². The molecule has 22 heavy (non-hydrogen) atoms. The third-order valence-corrected chi connectivity index (χ3v) is 3.47. The number of benzene rings is 1. The fraction of sp³-hybridized carbons (Fsp3) is 0.0625. The molecule has 0 spiro atoms. The van der Waals surface area contributed by atoms with E-state index >= 15 is 0 Å². The first-order valence-corrected chi connectivity index (χ1v) is 6.95. The maximum Gasteiger partial charge on any atom is 0.253 e. The number of aromatic nitrogens is 2. The van der Waals surface area contributed by atoms with Crippen LogP contribution in [0.2, 0.25) is 5.02 Å². The van der Waals surface area contributed by atoms with Gasteiger partial charge < -0.3 is 10.3 Å². The number of H-pyrrole nitrogens is 1. The molecular formula is C16H11ClN4O. The van der Waals surface area contributed by atoms with Crippen molar-refractivity contribution in [2.45, 2.75) is 6.54 Å². The molecule has 0 fully saturated rings. The highest BCUT2D eigenvalue weighted by Gasteiger charge is 2.04. The summed E-state index contributed by atoms with van der Waals surface area (Å²) < 4.78 is 0. The van der Waals surface area contributed by atoms with Gasteiger partial charge in [-0.15, -0.1) is 0 Å². The minimum atomic E-state index is -0.157. The third kappa shape index (κ3) is 2.92. The highest BCUT2D eigenvalue weighted by Crippen LogP contribution is 2.17. The van der Waals surface area contributed by atoms with Crippen LogP contribution < -0.4 is 10.9 Å². The van der Waals surface area contributed by atoms with Crippen LogP contribution in [0, 0.1) is 11.3 Å². The second-order valence-corrected chi connectivity index (χ2v) is 5.19. The summed E-state index contributed by atoms with van der Waals surface area (Å²) in [6.07, 6.45) is 1.48. The Morgan fingerprint density at radius 2 is 2.14 bits per heavy atom. The first kappa shape index (κ1) is 14.1. The average molecular weight is 311 g/mol. The fourth-order valence-electron chi connectivity index (χ4n) is 2.10. The van der Waals surface area contributed by atoms with Crippen LogP contribution in [-0.4, -0.2) is 9.97 Å². The van der Waals surface area contributed by atoms with Gasteiger partial charge in [0.05, 0.1) is 5.56 Å². The lowest BCUT2D eigenvalue weighted by molar-refractivity contribution is 1.07. The molecule has 108 valence electrons. The average Bonchev–Trinajstić information content (AvgIpc) is 2.54. The number of nitriles is 1. The largest absolute Gasteiger partial charge is 0.366 e. The highest BCUT2D eigenvalue weighted by molar-refractivity contribution is 6.31. The van der Waals surface area contributed by atoms with Crippen LogP contribution in [0.4, 0.5) is 5.82 Å². The second-order valence-electron chi connectivity index (χ2n) is 4.75. The molecule has 0 aliphatic carbocycles. The van der Waals surface area contributed by atoms with E-state index in [0.29, 0.717) is 28.5 Å². The Morgan fingerprint density at radius 1 is 1.27 bits per heavy atom. The van der Waals surface area contributed by atoms with E-state index in [0.717, 1.165) is 10.9 Å². The Morgan fingerprint density at radius 3 is 2.86 bits per heavy atom. The van der Waals surface area contributed by atoms with Gasteiger partial charge in [-0.05, 0) is 36.4 Å². The van der Waals surface area contributed by atoms with Crippen molar-refractivity contribution < 1.29 is 0 Å². The monoisotopic (exact) mass is 310 g/mol. The normalized spacial score (nSPS) is 10.4. The molecular weight excluding hydrogens is 300 g/mol. The van der Waals surface area contributed by atoms with Crippen molar-refractivity contribution in [3.05, 3.63) is 69.1 Å². The number of halogens is 1. The van der Waals surface area contributed by atoms with Crippen LogP contribution >= 0.6 is 11.6 Å². The van der Waals surface area contributed by atoms with Crippen LogP contribution in [0.3, 0.4) is 0 Å². The number of anilines is 1. The van der Waals surface area contributed by atoms with Gasteiger partial charge in [0.25, 0.3) is 5.56 Å². The molecule has 0 saturated carbocycles. The summed E-state index contributed by atoms with van der Waals surface area (Å²) in [6, 6.07) is 12.5. The van der Waals surface area contributed by atoms with Gasteiger partial charge in [0, 0.05) is 34.2 Å². The third-order valence-electron chi connectivity index (χ3n) is 3.24. The van der Waals surface area contributed by atoms with Crippen LogP contribution in [0.1, 0.15) is 11.1 Å². The van der Waals surface area contributed by atoms with Gasteiger partial charge in [0.15, 0.2) is 0 Å². The summed E-state index contributed by atoms with van der Waals surface area (Å²) in [6.45, 7) is 0.330. The quantitative estimate of drug-likeness (QED) is 0.779. The van der Waals surface area contributed by atoms with Gasteiger partial charge in [-0.2, -0.15) is 5.26 Å². The number of fused-ring (bicyclic) bond motifs is 1. The summed E-state index contributed by atoms with van der Waals surface area (Å²) in [5.41, 5.74) is 1.66. The zero-order chi connectivity index (χ0) is 15.5. The SMILES string of the molecule is N#Cc1ccc(NCc2cc3cc(Cl)ccc3[nH]c2=O)nc1. The topological polar surface area (TPSA) is 81.6 Å². The Balaban J connectivity index is 1.85. The van der Waals surface area contributed by atoms with Crippen LogP contribution in [-0.2, 0) is 6.54 Å². The first-order chi connectivity index (χ1) is 10.7. The Bertz CT molecular complexity index is 926. The summed E-state index contributed by atoms with van der Waals surface area (Å²) in [5.74, 6) is 0.601. The lowest BCUT2D eigenvalue weighted by atomic mass is 10.1. The molecule has 0 bridgehead atoms. The molecule has 0 saturated heterocycles. The number of pyridine rings is 2. The molecule has 0 atom stereocenters. The van der Waals surface area contributed by atoms with Crippen molar-refractivity contribution >= 4 is 28.3 Å². The van der Waals surface area contributed by atoms with Gasteiger partial charge in [0.2, 0.25) is 0 Å². The van der Waals surface area contributed by atoms with E-state index in [1.54, 1.807) is 36.4 Å². The highest BCUT2D eigenvalue weighted by atomic mass is 35.5. The minimum absolute atomic E-state index is 0.157. The number of nitrogens with zero attached hydrogens (tertiary/aromatic N) is 2. The van der Waals surface area contributed by atoms with E-state index in [1.165, 1.54) is 6.20 Å². The molecule has 6 heteroatoms. The fourth-order valence-corrected chi connectivity index (χ4v) is 2.28. The molecule has 5 nitrogen and oxygen atoms in total. The lowest BCUT2D eigenvalue weighted by Crippen LogP contribution is -2.15. The van der Waals surface area contributed by atoms with E-state index < -0.39 is 0 Å². The summed E-state index contributed by atoms with van der Waals surface area (Å²) in [4.78, 5) is 19.0. The maximum atomic E-state index is 12.0. The van der Waals surface area contributed by atoms with Crippen molar-refractivity contribution in [1.29, 1.82) is 5.26 Å². The zero-order valence-electron chi connectivity index (χ0n) is 11.4. The maximum absolute atomic E-state index is 12.0. The predicted molar refractivity (Wildman–Crippen MR) is 85.9 cm³/mol. The van der Waals surface area contributed by atoms with Crippen molar-refractivity contribution in [1.82, 2.24) is 9.97 Å². The molecule has 3 aromatic rings. The number of rotatable bonds is 3. The number of aromatic amines is 1. The van der Waals surface area contributed by atoms with E-state index in [-0.39, 0.29) is 5.56 Å². The van der Waals surface area contributed by atoms with E-state index in [4.69, 9.17) is 16.9 Å². The Labute approximate surface area is 131 Å². The van der Waals surface area contributed by atoms with E-state index in [9.17, 15) is 4.79 Å². The van der Waals surface area contributed by atoms with Crippen molar-refractivity contribution in [2.75, 3.05) is 5.32 Å². The Kier molecular flexibility index (Phi) is 3.77. The zero-order valence-corrected chi connectivity index (χ0v) is 12.2. The standard InChI is InChI=1S/C16H11ClN4O/c17-13-2-3-14-11(6-13)5-12(16(22)21-14)9-20-15-4-1-10(7-18)8-19-15/h1-6,8H,9H2,(H,19,20)(H,21,22). The molecule has 0 aliphatic rings. The molecule has 2 N–H and O–H groups in total. The smallest absolute Gasteiger partial charge is 0.253 e. The second kappa shape index (κ2) is 5.88. The van der Waals surface area contributed by atoms with Crippen LogP contribution in [0.25, 0.3) is 10.9 Å². The molecule has 0 unspecified atom stereocenters. The molecule has 2 aromatic heterocycles. The Hall–Kier alpha value is -2.84. The number of nitrogens with one attached hydrogen (secondary N) is 2. The molecule has 0 amide bonds. The van der Waals surface area contributed by atoms with Crippen molar-refractivity contribution in [2.24, 2.45) is 0 Å². The molecule has 3 rings (SSSR count). The first-order valence-electron chi connectivity index (χ1n) is 6.57. The van der Waals surface area contributed by atoms with Gasteiger partial charge in [0.1, 0.15) is 11.9 Å². The molecule has 0 radical (unpaired) electrons. The van der Waals surface area contributed by atoms with Gasteiger partial charge in [-0.3, -0.25) is 4.79 Å². The minimum Gasteiger partial charge on any atom is -0.366 e. The van der Waals surface area contributed by atoms with E-state index in [2.05, 4.69) is 15.3 Å². The van der Waals surface area contributed by atoms with Gasteiger partial charge in [-0.1, -0.05) is 11.6 Å². The summed E-state index contributed by atoms with van der Waals surface area (Å²) in [7, 11) is 0. The van der Waals surface area contributed by atoms with Gasteiger partial charge in [-0.25, -0.2) is 4.98 Å². The van der Waals surface area contributed by atoms with Crippen molar-refractivity contribution in [3.8, 4) is 6.07 Å².